The van der Waals surface area contributed by atoms with E-state index in [4.69, 9.17) is 5.73 Å². The number of hydrogen-bond donors (Lipinski definition) is 1. The van der Waals surface area contributed by atoms with Gasteiger partial charge in [0, 0.05) is 23.5 Å². The number of nitrogens with zero attached hydrogens (tertiary/aromatic N) is 2. The highest BCUT2D eigenvalue weighted by atomic mass is 79.9. The lowest BCUT2D eigenvalue weighted by molar-refractivity contribution is 0.629. The molecule has 0 saturated heterocycles. The predicted molar refractivity (Wildman–Crippen MR) is 69.1 cm³/mol. The fraction of sp³-hybridized carbons (Fsp3) is 0.250. The van der Waals surface area contributed by atoms with E-state index in [1.807, 2.05) is 11.6 Å². The standard InChI is InChI=1S/C12H13BrFN3/c1-17-11(7-16-12(17)4-5-15)9-6-8(13)2-3-10(9)14/h2-3,6-7H,4-5,15H2,1H3. The van der Waals surface area contributed by atoms with E-state index in [1.54, 1.807) is 18.3 Å². The molecule has 1 heterocycles. The number of halogens is 2. The molecule has 2 aromatic rings. The number of imidazole rings is 1. The van der Waals surface area contributed by atoms with Crippen molar-refractivity contribution in [2.45, 2.75) is 6.42 Å². The third-order valence-electron chi connectivity index (χ3n) is 2.66. The third kappa shape index (κ3) is 2.40. The van der Waals surface area contributed by atoms with Crippen LogP contribution in [0.25, 0.3) is 11.3 Å². The summed E-state index contributed by atoms with van der Waals surface area (Å²) in [6.07, 6.45) is 2.36. The van der Waals surface area contributed by atoms with Crippen LogP contribution in [0.2, 0.25) is 0 Å². The van der Waals surface area contributed by atoms with Crippen LogP contribution in [0.5, 0.6) is 0 Å². The topological polar surface area (TPSA) is 43.8 Å². The van der Waals surface area contributed by atoms with Crippen molar-refractivity contribution in [1.29, 1.82) is 0 Å². The maximum Gasteiger partial charge on any atom is 0.132 e. The Labute approximate surface area is 108 Å². The van der Waals surface area contributed by atoms with Crippen LogP contribution in [0, 0.1) is 5.82 Å². The summed E-state index contributed by atoms with van der Waals surface area (Å²) in [6.45, 7) is 0.533. The highest BCUT2D eigenvalue weighted by Gasteiger charge is 2.12. The summed E-state index contributed by atoms with van der Waals surface area (Å²) in [4.78, 5) is 4.25. The van der Waals surface area contributed by atoms with E-state index in [9.17, 15) is 4.39 Å². The Morgan fingerprint density at radius 2 is 2.24 bits per heavy atom. The molecule has 0 aliphatic rings. The average molecular weight is 298 g/mol. The molecule has 0 unspecified atom stereocenters. The second-order valence-electron chi connectivity index (χ2n) is 3.78. The number of hydrogen-bond acceptors (Lipinski definition) is 2. The van der Waals surface area contributed by atoms with Gasteiger partial charge in [-0.3, -0.25) is 0 Å². The van der Waals surface area contributed by atoms with Crippen molar-refractivity contribution < 1.29 is 4.39 Å². The molecule has 0 aliphatic heterocycles. The van der Waals surface area contributed by atoms with Gasteiger partial charge in [0.1, 0.15) is 11.6 Å². The number of nitrogens with two attached hydrogens (primary N) is 1. The summed E-state index contributed by atoms with van der Waals surface area (Å²) in [5.41, 5.74) is 6.79. The number of benzene rings is 1. The Kier molecular flexibility index (Phi) is 3.59. The summed E-state index contributed by atoms with van der Waals surface area (Å²) >= 11 is 3.34. The van der Waals surface area contributed by atoms with Crippen molar-refractivity contribution in [2.24, 2.45) is 12.8 Å². The van der Waals surface area contributed by atoms with Crippen molar-refractivity contribution in [3.8, 4) is 11.3 Å². The van der Waals surface area contributed by atoms with Crippen LogP contribution in [0.3, 0.4) is 0 Å². The van der Waals surface area contributed by atoms with Gasteiger partial charge in [-0.05, 0) is 24.7 Å². The minimum Gasteiger partial charge on any atom is -0.331 e. The monoisotopic (exact) mass is 297 g/mol. The van der Waals surface area contributed by atoms with Crippen LogP contribution in [-0.2, 0) is 13.5 Å². The molecule has 90 valence electrons. The van der Waals surface area contributed by atoms with Crippen LogP contribution in [0.1, 0.15) is 5.82 Å². The first kappa shape index (κ1) is 12.3. The normalized spacial score (nSPS) is 10.8. The van der Waals surface area contributed by atoms with E-state index in [1.165, 1.54) is 6.07 Å². The van der Waals surface area contributed by atoms with Gasteiger partial charge in [0.15, 0.2) is 0 Å². The highest BCUT2D eigenvalue weighted by molar-refractivity contribution is 9.10. The lowest BCUT2D eigenvalue weighted by Crippen LogP contribution is -2.08. The highest BCUT2D eigenvalue weighted by Crippen LogP contribution is 2.26. The van der Waals surface area contributed by atoms with Crippen molar-refractivity contribution >= 4 is 15.9 Å². The molecule has 17 heavy (non-hydrogen) atoms. The van der Waals surface area contributed by atoms with Gasteiger partial charge in [-0.15, -0.1) is 0 Å². The third-order valence-corrected chi connectivity index (χ3v) is 3.15. The molecule has 0 aliphatic carbocycles. The Balaban J connectivity index is 2.49. The minimum absolute atomic E-state index is 0.254. The van der Waals surface area contributed by atoms with Gasteiger partial charge < -0.3 is 10.3 Å². The van der Waals surface area contributed by atoms with Crippen LogP contribution < -0.4 is 5.73 Å². The summed E-state index contributed by atoms with van der Waals surface area (Å²) in [6, 6.07) is 4.86. The zero-order valence-electron chi connectivity index (χ0n) is 9.45. The van der Waals surface area contributed by atoms with Crippen molar-refractivity contribution in [2.75, 3.05) is 6.54 Å². The Morgan fingerprint density at radius 3 is 2.94 bits per heavy atom. The first-order chi connectivity index (χ1) is 8.13. The molecule has 0 bridgehead atoms. The maximum atomic E-state index is 13.7. The second-order valence-corrected chi connectivity index (χ2v) is 4.70. The van der Waals surface area contributed by atoms with Gasteiger partial charge in [0.2, 0.25) is 0 Å². The minimum atomic E-state index is -0.254. The SMILES string of the molecule is Cn1c(-c2cc(Br)ccc2F)cnc1CCN. The summed E-state index contributed by atoms with van der Waals surface area (Å²) in [7, 11) is 1.87. The molecule has 0 amide bonds. The van der Waals surface area contributed by atoms with Gasteiger partial charge in [-0.25, -0.2) is 9.37 Å². The molecule has 0 radical (unpaired) electrons. The van der Waals surface area contributed by atoms with E-state index < -0.39 is 0 Å². The fourth-order valence-electron chi connectivity index (χ4n) is 1.75. The first-order valence-electron chi connectivity index (χ1n) is 5.29. The first-order valence-corrected chi connectivity index (χ1v) is 6.09. The molecule has 5 heteroatoms. The van der Waals surface area contributed by atoms with Crippen LogP contribution >= 0.6 is 15.9 Å². The molecule has 1 aromatic carbocycles. The zero-order valence-corrected chi connectivity index (χ0v) is 11.0. The molecule has 2 N–H and O–H groups in total. The summed E-state index contributed by atoms with van der Waals surface area (Å²) in [5.74, 6) is 0.609. The maximum absolute atomic E-state index is 13.7. The van der Waals surface area contributed by atoms with Gasteiger partial charge in [0.05, 0.1) is 11.9 Å². The summed E-state index contributed by atoms with van der Waals surface area (Å²) in [5, 5.41) is 0. The Bertz CT molecular complexity index is 537. The molecule has 0 fully saturated rings. The average Bonchev–Trinajstić information content (AvgIpc) is 2.65. The summed E-state index contributed by atoms with van der Waals surface area (Å²) < 4.78 is 16.5. The molecular formula is C12H13BrFN3. The van der Waals surface area contributed by atoms with Gasteiger partial charge in [0.25, 0.3) is 0 Å². The molecule has 1 aromatic heterocycles. The quantitative estimate of drug-likeness (QED) is 0.946. The van der Waals surface area contributed by atoms with E-state index in [0.29, 0.717) is 18.5 Å². The lowest BCUT2D eigenvalue weighted by atomic mass is 10.1. The largest absolute Gasteiger partial charge is 0.331 e. The van der Waals surface area contributed by atoms with Crippen LogP contribution in [0.4, 0.5) is 4.39 Å². The Hall–Kier alpha value is -1.20. The smallest absolute Gasteiger partial charge is 0.132 e. The van der Waals surface area contributed by atoms with E-state index in [-0.39, 0.29) is 5.82 Å². The molecule has 2 rings (SSSR count). The molecule has 0 atom stereocenters. The molecule has 3 nitrogen and oxygen atoms in total. The Morgan fingerprint density at radius 1 is 1.47 bits per heavy atom. The lowest BCUT2D eigenvalue weighted by Gasteiger charge is -2.07. The molecular weight excluding hydrogens is 285 g/mol. The van der Waals surface area contributed by atoms with Crippen molar-refractivity contribution in [3.63, 3.8) is 0 Å². The van der Waals surface area contributed by atoms with E-state index >= 15 is 0 Å². The van der Waals surface area contributed by atoms with Gasteiger partial charge in [-0.2, -0.15) is 0 Å². The van der Waals surface area contributed by atoms with E-state index in [0.717, 1.165) is 16.0 Å². The molecule has 0 spiro atoms. The van der Waals surface area contributed by atoms with E-state index in [2.05, 4.69) is 20.9 Å². The van der Waals surface area contributed by atoms with Gasteiger partial charge >= 0.3 is 0 Å². The number of rotatable bonds is 3. The zero-order chi connectivity index (χ0) is 12.4. The van der Waals surface area contributed by atoms with Crippen molar-refractivity contribution in [3.05, 3.63) is 40.5 Å². The van der Waals surface area contributed by atoms with Crippen molar-refractivity contribution in [1.82, 2.24) is 9.55 Å². The molecule has 0 saturated carbocycles. The fourth-order valence-corrected chi connectivity index (χ4v) is 2.11. The van der Waals surface area contributed by atoms with Gasteiger partial charge in [-0.1, -0.05) is 15.9 Å². The van der Waals surface area contributed by atoms with Crippen LogP contribution in [-0.4, -0.2) is 16.1 Å². The number of aromatic nitrogens is 2. The predicted octanol–water partition coefficient (Wildman–Crippen LogP) is 2.49. The second kappa shape index (κ2) is 4.98. The van der Waals surface area contributed by atoms with Crippen LogP contribution in [0.15, 0.2) is 28.9 Å².